The maximum absolute atomic E-state index is 12.2. The van der Waals surface area contributed by atoms with Crippen LogP contribution in [0.15, 0.2) is 36.4 Å². The zero-order valence-corrected chi connectivity index (χ0v) is 14.2. The molecule has 0 radical (unpaired) electrons. The van der Waals surface area contributed by atoms with Gasteiger partial charge < -0.3 is 20.1 Å². The summed E-state index contributed by atoms with van der Waals surface area (Å²) in [6.07, 6.45) is 0.647. The highest BCUT2D eigenvalue weighted by Crippen LogP contribution is 2.27. The molecule has 6 heteroatoms. The van der Waals surface area contributed by atoms with E-state index in [0.29, 0.717) is 24.5 Å². The number of carbonyl (C=O) groups excluding carboxylic acids is 2. The minimum Gasteiger partial charge on any atom is -0.493 e. The van der Waals surface area contributed by atoms with Crippen LogP contribution in [0.5, 0.6) is 11.5 Å². The Morgan fingerprint density at radius 2 is 1.84 bits per heavy atom. The van der Waals surface area contributed by atoms with Gasteiger partial charge in [0.15, 0.2) is 11.5 Å². The molecule has 2 amide bonds. The van der Waals surface area contributed by atoms with Gasteiger partial charge >= 0.3 is 0 Å². The summed E-state index contributed by atoms with van der Waals surface area (Å²) in [5, 5.41) is 5.69. The van der Waals surface area contributed by atoms with E-state index in [-0.39, 0.29) is 18.2 Å². The summed E-state index contributed by atoms with van der Waals surface area (Å²) < 4.78 is 10.4. The number of nitrogens with one attached hydrogen (secondary N) is 2. The monoisotopic (exact) mass is 340 g/mol. The minimum absolute atomic E-state index is 0.00429. The number of carbonyl (C=O) groups is 2. The number of anilines is 1. The van der Waals surface area contributed by atoms with Gasteiger partial charge in [0, 0.05) is 12.2 Å². The Morgan fingerprint density at radius 3 is 2.60 bits per heavy atom. The molecule has 0 aliphatic carbocycles. The lowest BCUT2D eigenvalue weighted by molar-refractivity contribution is -0.120. The van der Waals surface area contributed by atoms with E-state index >= 15 is 0 Å². The van der Waals surface area contributed by atoms with Crippen molar-refractivity contribution in [1.29, 1.82) is 0 Å². The van der Waals surface area contributed by atoms with Crippen LogP contribution < -0.4 is 20.1 Å². The van der Waals surface area contributed by atoms with Crippen molar-refractivity contribution in [3.63, 3.8) is 0 Å². The summed E-state index contributed by atoms with van der Waals surface area (Å²) in [7, 11) is 3.14. The number of ether oxygens (including phenoxy) is 2. The minimum atomic E-state index is -0.0816. The van der Waals surface area contributed by atoms with Crippen LogP contribution in [0.3, 0.4) is 0 Å². The van der Waals surface area contributed by atoms with Crippen molar-refractivity contribution >= 4 is 17.5 Å². The number of hydrogen-bond acceptors (Lipinski definition) is 4. The van der Waals surface area contributed by atoms with Crippen molar-refractivity contribution in [2.24, 2.45) is 0 Å². The molecule has 0 atom stereocenters. The van der Waals surface area contributed by atoms with Crippen molar-refractivity contribution in [2.45, 2.75) is 19.4 Å². The number of hydrogen-bond donors (Lipinski definition) is 2. The Bertz CT molecular complexity index is 817. The molecule has 130 valence electrons. The number of methoxy groups -OCH3 is 2. The summed E-state index contributed by atoms with van der Waals surface area (Å²) in [6.45, 7) is 0.424. The Kier molecular flexibility index (Phi) is 4.88. The summed E-state index contributed by atoms with van der Waals surface area (Å²) in [4.78, 5) is 23.6. The predicted molar refractivity (Wildman–Crippen MR) is 93.9 cm³/mol. The average Bonchev–Trinajstić information content (AvgIpc) is 2.99. The van der Waals surface area contributed by atoms with Crippen LogP contribution in [0.4, 0.5) is 5.69 Å². The summed E-state index contributed by atoms with van der Waals surface area (Å²) >= 11 is 0. The number of fused-ring (bicyclic) bond motifs is 1. The van der Waals surface area contributed by atoms with Crippen molar-refractivity contribution in [1.82, 2.24) is 5.32 Å². The fourth-order valence-electron chi connectivity index (χ4n) is 2.83. The molecule has 2 N–H and O–H groups in total. The summed E-state index contributed by atoms with van der Waals surface area (Å²) in [6, 6.07) is 11.1. The zero-order valence-electron chi connectivity index (χ0n) is 14.2. The van der Waals surface area contributed by atoms with Crippen molar-refractivity contribution in [3.8, 4) is 11.5 Å². The summed E-state index contributed by atoms with van der Waals surface area (Å²) in [5.74, 6) is 1.16. The molecule has 0 fully saturated rings. The second kappa shape index (κ2) is 7.25. The predicted octanol–water partition coefficient (Wildman–Crippen LogP) is 2.06. The highest BCUT2D eigenvalue weighted by molar-refractivity contribution is 5.99. The summed E-state index contributed by atoms with van der Waals surface area (Å²) in [5.41, 5.74) is 3.64. The third kappa shape index (κ3) is 3.91. The lowest BCUT2D eigenvalue weighted by atomic mass is 10.1. The highest BCUT2D eigenvalue weighted by atomic mass is 16.5. The van der Waals surface area contributed by atoms with Crippen LogP contribution in [0.1, 0.15) is 16.7 Å². The fraction of sp³-hybridized carbons (Fsp3) is 0.263. The van der Waals surface area contributed by atoms with E-state index in [0.717, 1.165) is 22.4 Å². The normalized spacial score (nSPS) is 12.3. The molecule has 2 aromatic rings. The topological polar surface area (TPSA) is 76.7 Å². The molecule has 25 heavy (non-hydrogen) atoms. The van der Waals surface area contributed by atoms with E-state index in [1.165, 1.54) is 0 Å². The molecule has 0 unspecified atom stereocenters. The smallest absolute Gasteiger partial charge is 0.228 e. The van der Waals surface area contributed by atoms with Gasteiger partial charge in [0.25, 0.3) is 0 Å². The van der Waals surface area contributed by atoms with Gasteiger partial charge in [0.05, 0.1) is 27.1 Å². The maximum Gasteiger partial charge on any atom is 0.228 e. The molecule has 0 bridgehead atoms. The van der Waals surface area contributed by atoms with Crippen LogP contribution in [-0.4, -0.2) is 26.0 Å². The van der Waals surface area contributed by atoms with Gasteiger partial charge in [0.2, 0.25) is 11.8 Å². The highest BCUT2D eigenvalue weighted by Gasteiger charge is 2.17. The van der Waals surface area contributed by atoms with Crippen LogP contribution in [0.25, 0.3) is 0 Å². The van der Waals surface area contributed by atoms with Crippen LogP contribution >= 0.6 is 0 Å². The van der Waals surface area contributed by atoms with E-state index in [1.54, 1.807) is 26.4 Å². The average molecular weight is 340 g/mol. The van der Waals surface area contributed by atoms with Crippen molar-refractivity contribution in [3.05, 3.63) is 53.1 Å². The first-order valence-electron chi connectivity index (χ1n) is 7.98. The van der Waals surface area contributed by atoms with E-state index < -0.39 is 0 Å². The first-order valence-corrected chi connectivity index (χ1v) is 7.98. The van der Waals surface area contributed by atoms with Gasteiger partial charge in [-0.3, -0.25) is 9.59 Å². The van der Waals surface area contributed by atoms with Crippen molar-refractivity contribution in [2.75, 3.05) is 19.5 Å². The first-order chi connectivity index (χ1) is 12.1. The second-order valence-corrected chi connectivity index (χ2v) is 5.86. The standard InChI is InChI=1S/C19H20N2O4/c1-24-16-6-4-12(8-17(16)25-2)9-18(22)20-11-13-3-5-15-14(7-13)10-19(23)21-15/h3-8H,9-11H2,1-2H3,(H,20,22)(H,21,23). The largest absolute Gasteiger partial charge is 0.493 e. The number of benzene rings is 2. The number of amides is 2. The van der Waals surface area contributed by atoms with Gasteiger partial charge in [-0.15, -0.1) is 0 Å². The van der Waals surface area contributed by atoms with Gasteiger partial charge in [-0.1, -0.05) is 18.2 Å². The second-order valence-electron chi connectivity index (χ2n) is 5.86. The Labute approximate surface area is 146 Å². The molecular formula is C19H20N2O4. The lowest BCUT2D eigenvalue weighted by Gasteiger charge is -2.10. The molecular weight excluding hydrogens is 320 g/mol. The fourth-order valence-corrected chi connectivity index (χ4v) is 2.83. The Balaban J connectivity index is 1.58. The molecule has 0 saturated carbocycles. The van der Waals surface area contributed by atoms with Crippen LogP contribution in [-0.2, 0) is 29.0 Å². The third-order valence-electron chi connectivity index (χ3n) is 4.10. The van der Waals surface area contributed by atoms with E-state index in [9.17, 15) is 9.59 Å². The molecule has 1 heterocycles. The molecule has 2 aromatic carbocycles. The number of rotatable bonds is 6. The Hall–Kier alpha value is -3.02. The SMILES string of the molecule is COc1ccc(CC(=O)NCc2ccc3c(c2)CC(=O)N3)cc1OC. The molecule has 6 nitrogen and oxygen atoms in total. The van der Waals surface area contributed by atoms with Gasteiger partial charge in [0.1, 0.15) is 0 Å². The zero-order chi connectivity index (χ0) is 17.8. The van der Waals surface area contributed by atoms with E-state index in [1.807, 2.05) is 24.3 Å². The Morgan fingerprint density at radius 1 is 1.08 bits per heavy atom. The molecule has 0 aromatic heterocycles. The molecule has 0 spiro atoms. The van der Waals surface area contributed by atoms with Gasteiger partial charge in [-0.05, 0) is 34.9 Å². The maximum atomic E-state index is 12.2. The van der Waals surface area contributed by atoms with E-state index in [4.69, 9.17) is 9.47 Å². The molecule has 1 aliphatic rings. The van der Waals surface area contributed by atoms with Crippen LogP contribution in [0, 0.1) is 0 Å². The molecule has 1 aliphatic heterocycles. The van der Waals surface area contributed by atoms with Gasteiger partial charge in [-0.25, -0.2) is 0 Å². The first kappa shape index (κ1) is 16.8. The lowest BCUT2D eigenvalue weighted by Crippen LogP contribution is -2.24. The van der Waals surface area contributed by atoms with Gasteiger partial charge in [-0.2, -0.15) is 0 Å². The third-order valence-corrected chi connectivity index (χ3v) is 4.10. The molecule has 0 saturated heterocycles. The quantitative estimate of drug-likeness (QED) is 0.844. The van der Waals surface area contributed by atoms with Crippen molar-refractivity contribution < 1.29 is 19.1 Å². The van der Waals surface area contributed by atoms with Crippen LogP contribution in [0.2, 0.25) is 0 Å². The van der Waals surface area contributed by atoms with E-state index in [2.05, 4.69) is 10.6 Å². The molecule has 3 rings (SSSR count).